The van der Waals surface area contributed by atoms with Gasteiger partial charge in [0, 0.05) is 22.2 Å². The summed E-state index contributed by atoms with van der Waals surface area (Å²) in [6.45, 7) is 4.25. The van der Waals surface area contributed by atoms with Crippen LogP contribution in [0.3, 0.4) is 0 Å². The van der Waals surface area contributed by atoms with Gasteiger partial charge in [-0.05, 0) is 60.6 Å². The second-order valence-electron chi connectivity index (χ2n) is 7.71. The highest BCUT2D eigenvalue weighted by Gasteiger charge is 2.15. The minimum absolute atomic E-state index is 0.904. The third kappa shape index (κ3) is 3.15. The van der Waals surface area contributed by atoms with Gasteiger partial charge in [0.15, 0.2) is 0 Å². The Hall–Kier alpha value is -3.26. The molecule has 0 N–H and O–H groups in total. The lowest BCUT2D eigenvalue weighted by atomic mass is 9.92. The zero-order valence-electron chi connectivity index (χ0n) is 16.9. The number of fused-ring (bicyclic) bond motifs is 3. The fourth-order valence-corrected chi connectivity index (χ4v) is 4.29. The fourth-order valence-electron chi connectivity index (χ4n) is 4.29. The number of aryl methyl sites for hydroxylation is 2. The quantitative estimate of drug-likeness (QED) is 0.358. The van der Waals surface area contributed by atoms with Crippen LogP contribution in [0.25, 0.3) is 38.5 Å². The van der Waals surface area contributed by atoms with Crippen molar-refractivity contribution in [1.29, 1.82) is 0 Å². The summed E-state index contributed by atoms with van der Waals surface area (Å²) in [5.74, 6) is 0. The molecule has 2 heterocycles. The third-order valence-electron chi connectivity index (χ3n) is 5.75. The Morgan fingerprint density at radius 1 is 0.862 bits per heavy atom. The number of pyridine rings is 2. The van der Waals surface area contributed by atoms with Crippen LogP contribution in [-0.4, -0.2) is 9.97 Å². The third-order valence-corrected chi connectivity index (χ3v) is 5.75. The predicted molar refractivity (Wildman–Crippen MR) is 123 cm³/mol. The number of aromatic nitrogens is 2. The lowest BCUT2D eigenvalue weighted by Gasteiger charge is -2.16. The zero-order chi connectivity index (χ0) is 19.8. The van der Waals surface area contributed by atoms with Crippen molar-refractivity contribution in [3.63, 3.8) is 0 Å². The minimum Gasteiger partial charge on any atom is -0.251 e. The van der Waals surface area contributed by atoms with Crippen molar-refractivity contribution >= 4 is 27.4 Å². The Morgan fingerprint density at radius 3 is 2.34 bits per heavy atom. The van der Waals surface area contributed by atoms with E-state index in [-0.39, 0.29) is 0 Å². The molecule has 2 aromatic heterocycles. The van der Waals surface area contributed by atoms with Gasteiger partial charge in [-0.1, -0.05) is 67.6 Å². The summed E-state index contributed by atoms with van der Waals surface area (Å²) in [5.41, 5.74) is 9.31. The molecule has 0 bridgehead atoms. The van der Waals surface area contributed by atoms with Crippen molar-refractivity contribution in [1.82, 2.24) is 9.97 Å². The molecule has 2 nitrogen and oxygen atoms in total. The molecule has 0 saturated heterocycles. The molecule has 4 aromatic rings. The van der Waals surface area contributed by atoms with Gasteiger partial charge in [-0.15, -0.1) is 0 Å². The van der Waals surface area contributed by atoms with E-state index in [4.69, 9.17) is 9.97 Å². The first-order chi connectivity index (χ1) is 14.2. The summed E-state index contributed by atoms with van der Waals surface area (Å²) >= 11 is 0. The molecule has 29 heavy (non-hydrogen) atoms. The summed E-state index contributed by atoms with van der Waals surface area (Å²) in [7, 11) is 0. The topological polar surface area (TPSA) is 25.8 Å². The molecule has 0 fully saturated rings. The van der Waals surface area contributed by atoms with E-state index in [1.807, 2.05) is 0 Å². The predicted octanol–water partition coefficient (Wildman–Crippen LogP) is 7.05. The van der Waals surface area contributed by atoms with Crippen LogP contribution in [0, 0.1) is 6.92 Å². The smallest absolute Gasteiger partial charge is 0.0974 e. The summed E-state index contributed by atoms with van der Waals surface area (Å²) in [6.07, 6.45) is 9.72. The minimum atomic E-state index is 0.904. The van der Waals surface area contributed by atoms with Crippen LogP contribution in [0.1, 0.15) is 36.7 Å². The molecule has 0 radical (unpaired) electrons. The van der Waals surface area contributed by atoms with E-state index in [0.717, 1.165) is 41.7 Å². The number of hydrogen-bond donors (Lipinski definition) is 0. The van der Waals surface area contributed by atoms with Crippen molar-refractivity contribution in [3.8, 4) is 11.1 Å². The first-order valence-corrected chi connectivity index (χ1v) is 10.4. The van der Waals surface area contributed by atoms with Crippen LogP contribution >= 0.6 is 0 Å². The summed E-state index contributed by atoms with van der Waals surface area (Å²) in [4.78, 5) is 10.0. The van der Waals surface area contributed by atoms with Gasteiger partial charge in [0.2, 0.25) is 0 Å². The number of nitrogens with zero attached hydrogens (tertiary/aromatic N) is 2. The fraction of sp³-hybridized carbons (Fsp3) is 0.185. The lowest BCUT2D eigenvalue weighted by Crippen LogP contribution is -1.98. The number of allylic oxidation sites excluding steroid dienone is 4. The Balaban J connectivity index is 1.86. The van der Waals surface area contributed by atoms with Crippen molar-refractivity contribution in [2.45, 2.75) is 33.1 Å². The van der Waals surface area contributed by atoms with Gasteiger partial charge < -0.3 is 0 Å². The molecule has 5 rings (SSSR count). The molecular weight excluding hydrogens is 352 g/mol. The first-order valence-electron chi connectivity index (χ1n) is 10.4. The van der Waals surface area contributed by atoms with Gasteiger partial charge >= 0.3 is 0 Å². The van der Waals surface area contributed by atoms with Gasteiger partial charge in [-0.3, -0.25) is 9.97 Å². The maximum atomic E-state index is 5.04. The summed E-state index contributed by atoms with van der Waals surface area (Å²) in [5, 5.41) is 2.37. The Morgan fingerprint density at radius 2 is 1.62 bits per heavy atom. The van der Waals surface area contributed by atoms with Crippen LogP contribution in [0.5, 0.6) is 0 Å². The van der Waals surface area contributed by atoms with E-state index < -0.39 is 0 Å². The maximum Gasteiger partial charge on any atom is 0.0974 e. The molecule has 0 unspecified atom stereocenters. The molecule has 2 heteroatoms. The van der Waals surface area contributed by atoms with Crippen molar-refractivity contribution in [2.24, 2.45) is 0 Å². The zero-order valence-corrected chi connectivity index (χ0v) is 16.9. The number of hydrogen-bond acceptors (Lipinski definition) is 2. The highest BCUT2D eigenvalue weighted by Crippen LogP contribution is 2.36. The van der Waals surface area contributed by atoms with Crippen LogP contribution in [0.2, 0.25) is 0 Å². The second kappa shape index (κ2) is 7.29. The molecular formula is C27H24N2. The van der Waals surface area contributed by atoms with E-state index in [0.29, 0.717) is 0 Å². The largest absolute Gasteiger partial charge is 0.251 e. The van der Waals surface area contributed by atoms with E-state index in [1.165, 1.54) is 33.0 Å². The average Bonchev–Trinajstić information content (AvgIpc) is 2.78. The molecule has 142 valence electrons. The molecule has 1 aliphatic carbocycles. The monoisotopic (exact) mass is 376 g/mol. The van der Waals surface area contributed by atoms with Crippen molar-refractivity contribution in [3.05, 3.63) is 89.8 Å². The van der Waals surface area contributed by atoms with E-state index in [2.05, 4.69) is 86.7 Å². The molecule has 0 saturated carbocycles. The lowest BCUT2D eigenvalue weighted by molar-refractivity contribution is 1.05. The average molecular weight is 377 g/mol. The molecule has 0 atom stereocenters. The second-order valence-corrected chi connectivity index (χ2v) is 7.71. The van der Waals surface area contributed by atoms with Crippen molar-refractivity contribution in [2.75, 3.05) is 0 Å². The SMILES string of the molecule is CCc1cc(-c2ccccc2)c2ccc3c(C4=CC=CCC4)cc(C)nc3c2n1. The molecule has 0 spiro atoms. The number of benzene rings is 2. The standard InChI is InChI=1S/C27H24N2/c1-3-21-17-25(20-12-8-5-9-13-20)23-15-14-22-24(19-10-6-4-7-11-19)16-18(2)28-26(22)27(23)29-21/h4-6,8-10,12-17H,3,7,11H2,1-2H3. The molecule has 0 amide bonds. The molecule has 2 aromatic carbocycles. The first kappa shape index (κ1) is 17.8. The van der Waals surface area contributed by atoms with Crippen LogP contribution in [0.4, 0.5) is 0 Å². The molecule has 0 aliphatic heterocycles. The number of rotatable bonds is 3. The normalized spacial score (nSPS) is 13.8. The summed E-state index contributed by atoms with van der Waals surface area (Å²) in [6, 6.07) is 19.5. The maximum absolute atomic E-state index is 5.04. The Labute approximate surface area is 171 Å². The van der Waals surface area contributed by atoms with Gasteiger partial charge in [0.25, 0.3) is 0 Å². The van der Waals surface area contributed by atoms with Crippen LogP contribution in [0.15, 0.2) is 72.8 Å². The van der Waals surface area contributed by atoms with Gasteiger partial charge in [-0.2, -0.15) is 0 Å². The van der Waals surface area contributed by atoms with Gasteiger partial charge in [-0.25, -0.2) is 0 Å². The Kier molecular flexibility index (Phi) is 4.48. The van der Waals surface area contributed by atoms with Crippen molar-refractivity contribution < 1.29 is 0 Å². The van der Waals surface area contributed by atoms with Crippen LogP contribution < -0.4 is 0 Å². The highest BCUT2D eigenvalue weighted by atomic mass is 14.8. The van der Waals surface area contributed by atoms with E-state index >= 15 is 0 Å². The van der Waals surface area contributed by atoms with Gasteiger partial charge in [0.05, 0.1) is 11.0 Å². The van der Waals surface area contributed by atoms with E-state index in [1.54, 1.807) is 0 Å². The highest BCUT2D eigenvalue weighted by molar-refractivity contribution is 6.10. The summed E-state index contributed by atoms with van der Waals surface area (Å²) < 4.78 is 0. The van der Waals surface area contributed by atoms with E-state index in [9.17, 15) is 0 Å². The Bertz CT molecular complexity index is 1280. The van der Waals surface area contributed by atoms with Crippen LogP contribution in [-0.2, 0) is 6.42 Å². The molecule has 1 aliphatic rings. The van der Waals surface area contributed by atoms with Gasteiger partial charge in [0.1, 0.15) is 0 Å².